The molecule has 5 nitrogen and oxygen atoms in total. The van der Waals surface area contributed by atoms with Crippen LogP contribution in [0.2, 0.25) is 0 Å². The van der Waals surface area contributed by atoms with Crippen molar-refractivity contribution in [2.45, 2.75) is 37.5 Å². The third-order valence-corrected chi connectivity index (χ3v) is 6.77. The van der Waals surface area contributed by atoms with E-state index in [4.69, 9.17) is 0 Å². The summed E-state index contributed by atoms with van der Waals surface area (Å²) in [5.41, 5.74) is 0.918. The number of nitrogens with one attached hydrogen (secondary N) is 2. The molecule has 0 aliphatic rings. The van der Waals surface area contributed by atoms with Crippen LogP contribution in [0.15, 0.2) is 71.6 Å². The molecule has 0 saturated carbocycles. The molecule has 3 aromatic carbocycles. The summed E-state index contributed by atoms with van der Waals surface area (Å²) in [5, 5.41) is 5.31. The fourth-order valence-corrected chi connectivity index (χ4v) is 4.06. The Morgan fingerprint density at radius 1 is 0.912 bits per heavy atom. The Balaban J connectivity index is 1.62. The highest BCUT2D eigenvalue weighted by Gasteiger charge is 2.30. The van der Waals surface area contributed by atoms with Gasteiger partial charge in [-0.1, -0.05) is 31.2 Å². The van der Waals surface area contributed by atoms with Crippen molar-refractivity contribution in [1.29, 1.82) is 0 Å². The molecular weight excluding hydrogens is 458 g/mol. The van der Waals surface area contributed by atoms with Crippen LogP contribution in [0.3, 0.4) is 0 Å². The fraction of sp³-hybridized carbons (Fsp3) is 0.231. The zero-order valence-corrected chi connectivity index (χ0v) is 20.0. The number of hydrogen-bond donors (Lipinski definition) is 2. The van der Waals surface area contributed by atoms with Gasteiger partial charge < -0.3 is 10.6 Å². The molecule has 2 amide bonds. The smallest absolute Gasteiger partial charge is 0.234 e. The summed E-state index contributed by atoms with van der Waals surface area (Å²) in [5.74, 6) is -1.70. The van der Waals surface area contributed by atoms with Crippen LogP contribution >= 0.6 is 0 Å². The molecular formula is C26H26F2N2O3S. The molecule has 8 heteroatoms. The van der Waals surface area contributed by atoms with Crippen LogP contribution in [-0.4, -0.2) is 21.8 Å². The summed E-state index contributed by atoms with van der Waals surface area (Å²) in [4.78, 5) is 25.9. The summed E-state index contributed by atoms with van der Waals surface area (Å²) < 4.78 is 38.8. The molecule has 3 rings (SSSR count). The molecule has 0 heterocycles. The second-order valence-corrected chi connectivity index (χ2v) is 10.0. The minimum absolute atomic E-state index is 0.0997. The van der Waals surface area contributed by atoms with Gasteiger partial charge in [0.15, 0.2) is 0 Å². The van der Waals surface area contributed by atoms with Gasteiger partial charge in [0.25, 0.3) is 0 Å². The van der Waals surface area contributed by atoms with Gasteiger partial charge in [-0.05, 0) is 61.4 Å². The molecule has 0 saturated heterocycles. The molecule has 3 aromatic rings. The minimum atomic E-state index is -1.03. The van der Waals surface area contributed by atoms with Gasteiger partial charge in [-0.15, -0.1) is 0 Å². The zero-order valence-electron chi connectivity index (χ0n) is 19.2. The highest BCUT2D eigenvalue weighted by atomic mass is 32.2. The number of benzene rings is 3. The van der Waals surface area contributed by atoms with Gasteiger partial charge in [0.2, 0.25) is 11.8 Å². The Labute approximate surface area is 200 Å². The average Bonchev–Trinajstić information content (AvgIpc) is 2.81. The van der Waals surface area contributed by atoms with Crippen LogP contribution in [0, 0.1) is 11.6 Å². The van der Waals surface area contributed by atoms with Crippen molar-refractivity contribution in [3.05, 3.63) is 89.5 Å². The number of amides is 2. The van der Waals surface area contributed by atoms with Crippen molar-refractivity contribution in [2.75, 3.05) is 16.4 Å². The van der Waals surface area contributed by atoms with E-state index in [9.17, 15) is 22.6 Å². The molecule has 0 spiro atoms. The third kappa shape index (κ3) is 6.14. The Bertz CT molecular complexity index is 1210. The maximum absolute atomic E-state index is 13.9. The lowest BCUT2D eigenvalue weighted by Gasteiger charge is -2.24. The molecule has 1 unspecified atom stereocenters. The number of anilines is 2. The Hall–Kier alpha value is -3.39. The number of halogens is 2. The van der Waals surface area contributed by atoms with E-state index in [2.05, 4.69) is 10.6 Å². The van der Waals surface area contributed by atoms with E-state index in [0.29, 0.717) is 23.1 Å². The van der Waals surface area contributed by atoms with Crippen LogP contribution in [-0.2, 0) is 32.2 Å². The average molecular weight is 485 g/mol. The van der Waals surface area contributed by atoms with Crippen LogP contribution in [0.25, 0.3) is 0 Å². The Morgan fingerprint density at radius 2 is 1.56 bits per heavy atom. The Kier molecular flexibility index (Phi) is 7.94. The molecule has 178 valence electrons. The van der Waals surface area contributed by atoms with Crippen molar-refractivity contribution in [3.8, 4) is 0 Å². The first-order valence-electron chi connectivity index (χ1n) is 10.7. The second-order valence-electron chi connectivity index (χ2n) is 8.28. The molecule has 0 fully saturated rings. The number of hydrogen-bond acceptors (Lipinski definition) is 3. The predicted molar refractivity (Wildman–Crippen MR) is 130 cm³/mol. The van der Waals surface area contributed by atoms with Gasteiger partial charge in [-0.2, -0.15) is 0 Å². The van der Waals surface area contributed by atoms with Crippen LogP contribution in [0.1, 0.15) is 31.9 Å². The fourth-order valence-electron chi connectivity index (χ4n) is 3.29. The van der Waals surface area contributed by atoms with Crippen molar-refractivity contribution in [1.82, 2.24) is 0 Å². The lowest BCUT2D eigenvalue weighted by atomic mass is 9.83. The Morgan fingerprint density at radius 3 is 2.15 bits per heavy atom. The first-order valence-corrected chi connectivity index (χ1v) is 12.1. The zero-order chi connectivity index (χ0) is 24.9. The largest absolute Gasteiger partial charge is 0.326 e. The first-order chi connectivity index (χ1) is 16.1. The monoisotopic (exact) mass is 484 g/mol. The number of carbonyl (C=O) groups excluding carboxylic acids is 2. The summed E-state index contributed by atoms with van der Waals surface area (Å²) in [6.45, 7) is 5.22. The van der Waals surface area contributed by atoms with E-state index >= 15 is 0 Å². The van der Waals surface area contributed by atoms with E-state index in [1.807, 2.05) is 6.92 Å². The maximum Gasteiger partial charge on any atom is 0.234 e. The maximum atomic E-state index is 13.9. The normalized spacial score (nSPS) is 12.1. The highest BCUT2D eigenvalue weighted by Crippen LogP contribution is 2.27. The molecule has 0 aliphatic carbocycles. The summed E-state index contributed by atoms with van der Waals surface area (Å²) in [6.07, 6.45) is 0.165. The quantitative estimate of drug-likeness (QED) is 0.462. The van der Waals surface area contributed by atoms with Crippen LogP contribution in [0.5, 0.6) is 0 Å². The summed E-state index contributed by atoms with van der Waals surface area (Å²) in [7, 11) is -1.03. The van der Waals surface area contributed by atoms with Crippen molar-refractivity contribution in [3.63, 3.8) is 0 Å². The van der Waals surface area contributed by atoms with Crippen LogP contribution < -0.4 is 10.6 Å². The summed E-state index contributed by atoms with van der Waals surface area (Å²) >= 11 is 0. The molecule has 0 bridgehead atoms. The SMILES string of the molecule is CCS(=O)c1ccc(CC(=O)Nc2ccc(C(C)(C)C(=O)Nc3ccc(F)cc3F)cc2)cc1. The molecule has 34 heavy (non-hydrogen) atoms. The van der Waals surface area contributed by atoms with Crippen molar-refractivity contribution < 1.29 is 22.6 Å². The first kappa shape index (κ1) is 25.2. The van der Waals surface area contributed by atoms with Gasteiger partial charge in [0, 0.05) is 22.4 Å². The van der Waals surface area contributed by atoms with Crippen LogP contribution in [0.4, 0.5) is 20.2 Å². The third-order valence-electron chi connectivity index (χ3n) is 5.45. The summed E-state index contributed by atoms with van der Waals surface area (Å²) in [6, 6.07) is 16.9. The second kappa shape index (κ2) is 10.7. The van der Waals surface area contributed by atoms with E-state index in [-0.39, 0.29) is 18.0 Å². The van der Waals surface area contributed by atoms with Crippen molar-refractivity contribution in [2.24, 2.45) is 0 Å². The van der Waals surface area contributed by atoms with E-state index in [0.717, 1.165) is 16.5 Å². The molecule has 0 radical (unpaired) electrons. The standard InChI is InChI=1S/C26H26F2N2O3S/c1-4-34(33)21-12-5-17(6-13-21)15-24(31)29-20-10-7-18(8-11-20)26(2,3)25(32)30-23-14-9-19(27)16-22(23)28/h5-14,16H,4,15H2,1-3H3,(H,29,31)(H,30,32). The lowest BCUT2D eigenvalue weighted by molar-refractivity contribution is -0.120. The minimum Gasteiger partial charge on any atom is -0.326 e. The lowest BCUT2D eigenvalue weighted by Crippen LogP contribution is -2.35. The highest BCUT2D eigenvalue weighted by molar-refractivity contribution is 7.85. The van der Waals surface area contributed by atoms with Gasteiger partial charge in [0.05, 0.1) is 28.3 Å². The molecule has 0 aromatic heterocycles. The van der Waals surface area contributed by atoms with Gasteiger partial charge in [-0.25, -0.2) is 8.78 Å². The van der Waals surface area contributed by atoms with E-state index in [1.165, 1.54) is 6.07 Å². The predicted octanol–water partition coefficient (Wildman–Crippen LogP) is 5.19. The van der Waals surface area contributed by atoms with Gasteiger partial charge in [0.1, 0.15) is 11.6 Å². The van der Waals surface area contributed by atoms with Gasteiger partial charge in [-0.3, -0.25) is 13.8 Å². The number of rotatable bonds is 8. The van der Waals surface area contributed by atoms with E-state index in [1.54, 1.807) is 62.4 Å². The molecule has 2 N–H and O–H groups in total. The van der Waals surface area contributed by atoms with Gasteiger partial charge >= 0.3 is 0 Å². The topological polar surface area (TPSA) is 75.3 Å². The molecule has 1 atom stereocenters. The molecule has 0 aliphatic heterocycles. The number of carbonyl (C=O) groups is 2. The van der Waals surface area contributed by atoms with Crippen molar-refractivity contribution >= 4 is 34.0 Å². The van der Waals surface area contributed by atoms with E-state index < -0.39 is 33.8 Å².